The first-order valence-corrected chi connectivity index (χ1v) is 6.87. The van der Waals surface area contributed by atoms with Crippen LogP contribution in [-0.4, -0.2) is 45.6 Å². The summed E-state index contributed by atoms with van der Waals surface area (Å²) in [6.45, 7) is 3.80. The summed E-state index contributed by atoms with van der Waals surface area (Å²) in [5.74, 6) is -1.05. The zero-order valence-corrected chi connectivity index (χ0v) is 12.3. The molecular weight excluding hydrogens is 272 g/mol. The summed E-state index contributed by atoms with van der Waals surface area (Å²) < 4.78 is 0. The fourth-order valence-corrected chi connectivity index (χ4v) is 2.03. The molecule has 0 fully saturated rings. The molecule has 1 rings (SSSR count). The van der Waals surface area contributed by atoms with Crippen molar-refractivity contribution in [1.82, 2.24) is 4.90 Å². The van der Waals surface area contributed by atoms with E-state index in [1.807, 2.05) is 13.8 Å². The standard InChI is InChI=1S/C15H22N2O4/c1-10(2)17(8-7-14(19)20)15(21)13(16)9-11-3-5-12(18)6-4-11/h3-6,10,13,18H,7-9,16H2,1-2H3,(H,19,20)/t13-/m1/s1. The van der Waals surface area contributed by atoms with Gasteiger partial charge in [0.15, 0.2) is 0 Å². The van der Waals surface area contributed by atoms with Gasteiger partial charge in [0.05, 0.1) is 12.5 Å². The van der Waals surface area contributed by atoms with Gasteiger partial charge in [0, 0.05) is 12.6 Å². The summed E-state index contributed by atoms with van der Waals surface area (Å²) in [5.41, 5.74) is 6.77. The Morgan fingerprint density at radius 2 is 1.81 bits per heavy atom. The van der Waals surface area contributed by atoms with Gasteiger partial charge in [-0.25, -0.2) is 0 Å². The number of carbonyl (C=O) groups excluding carboxylic acids is 1. The van der Waals surface area contributed by atoms with Crippen molar-refractivity contribution in [2.45, 2.75) is 38.8 Å². The van der Waals surface area contributed by atoms with Crippen LogP contribution in [0.25, 0.3) is 0 Å². The van der Waals surface area contributed by atoms with Crippen molar-refractivity contribution in [3.8, 4) is 5.75 Å². The van der Waals surface area contributed by atoms with Crippen LogP contribution in [0.1, 0.15) is 25.8 Å². The molecule has 0 spiro atoms. The van der Waals surface area contributed by atoms with Crippen LogP contribution in [0.2, 0.25) is 0 Å². The molecule has 0 saturated heterocycles. The molecule has 0 aliphatic rings. The van der Waals surface area contributed by atoms with E-state index < -0.39 is 12.0 Å². The quantitative estimate of drug-likeness (QED) is 0.695. The van der Waals surface area contributed by atoms with Crippen molar-refractivity contribution < 1.29 is 19.8 Å². The maximum absolute atomic E-state index is 12.3. The zero-order valence-electron chi connectivity index (χ0n) is 12.3. The first-order valence-electron chi connectivity index (χ1n) is 6.87. The van der Waals surface area contributed by atoms with Crippen LogP contribution in [0.3, 0.4) is 0 Å². The number of amides is 1. The summed E-state index contributed by atoms with van der Waals surface area (Å²) in [7, 11) is 0. The molecule has 0 bridgehead atoms. The molecule has 0 radical (unpaired) electrons. The SMILES string of the molecule is CC(C)N(CCC(=O)O)C(=O)[C@H](N)Cc1ccc(O)cc1. The number of nitrogens with two attached hydrogens (primary N) is 1. The third-order valence-electron chi connectivity index (χ3n) is 3.18. The monoisotopic (exact) mass is 294 g/mol. The van der Waals surface area contributed by atoms with Gasteiger partial charge in [-0.05, 0) is 38.0 Å². The molecule has 0 heterocycles. The lowest BCUT2D eigenvalue weighted by Crippen LogP contribution is -2.48. The number of carboxylic acids is 1. The summed E-state index contributed by atoms with van der Waals surface area (Å²) >= 11 is 0. The third-order valence-corrected chi connectivity index (χ3v) is 3.18. The van der Waals surface area contributed by atoms with Crippen molar-refractivity contribution in [3.05, 3.63) is 29.8 Å². The Labute approximate surface area is 124 Å². The number of nitrogens with zero attached hydrogens (tertiary/aromatic N) is 1. The lowest BCUT2D eigenvalue weighted by atomic mass is 10.0. The van der Waals surface area contributed by atoms with Gasteiger partial charge in [-0.15, -0.1) is 0 Å². The summed E-state index contributed by atoms with van der Waals surface area (Å²) in [4.78, 5) is 24.5. The fourth-order valence-electron chi connectivity index (χ4n) is 2.03. The lowest BCUT2D eigenvalue weighted by Gasteiger charge is -2.29. The molecule has 4 N–H and O–H groups in total. The smallest absolute Gasteiger partial charge is 0.305 e. The number of aromatic hydroxyl groups is 1. The minimum absolute atomic E-state index is 0.101. The van der Waals surface area contributed by atoms with Crippen LogP contribution in [0.5, 0.6) is 5.75 Å². The van der Waals surface area contributed by atoms with Gasteiger partial charge >= 0.3 is 5.97 Å². The maximum atomic E-state index is 12.3. The van der Waals surface area contributed by atoms with Crippen molar-refractivity contribution >= 4 is 11.9 Å². The number of phenolic OH excluding ortho intramolecular Hbond substituents is 1. The first kappa shape index (κ1) is 17.0. The van der Waals surface area contributed by atoms with Crippen molar-refractivity contribution in [3.63, 3.8) is 0 Å². The summed E-state index contributed by atoms with van der Waals surface area (Å²) in [6, 6.07) is 5.65. The van der Waals surface area contributed by atoms with E-state index in [-0.39, 0.29) is 30.7 Å². The van der Waals surface area contributed by atoms with E-state index in [1.165, 1.54) is 17.0 Å². The molecule has 1 amide bonds. The number of hydrogen-bond acceptors (Lipinski definition) is 4. The largest absolute Gasteiger partial charge is 0.508 e. The first-order chi connectivity index (χ1) is 9.81. The predicted molar refractivity (Wildman–Crippen MR) is 78.9 cm³/mol. The molecule has 6 heteroatoms. The Bertz CT molecular complexity index is 485. The van der Waals surface area contributed by atoms with Crippen LogP contribution in [0, 0.1) is 0 Å². The van der Waals surface area contributed by atoms with Crippen molar-refractivity contribution in [2.75, 3.05) is 6.54 Å². The number of rotatable bonds is 7. The van der Waals surface area contributed by atoms with Crippen LogP contribution < -0.4 is 5.73 Å². The van der Waals surface area contributed by atoms with E-state index in [9.17, 15) is 14.7 Å². The minimum Gasteiger partial charge on any atom is -0.508 e. The third kappa shape index (κ3) is 5.43. The highest BCUT2D eigenvalue weighted by molar-refractivity contribution is 5.82. The fraction of sp³-hybridized carbons (Fsp3) is 0.467. The number of hydrogen-bond donors (Lipinski definition) is 3. The topological polar surface area (TPSA) is 104 Å². The second kappa shape index (κ2) is 7.64. The van der Waals surface area contributed by atoms with Crippen LogP contribution in [0.15, 0.2) is 24.3 Å². The Balaban J connectivity index is 2.68. The molecule has 0 aliphatic carbocycles. The molecule has 0 aliphatic heterocycles. The highest BCUT2D eigenvalue weighted by atomic mass is 16.4. The molecule has 116 valence electrons. The molecule has 1 aromatic carbocycles. The lowest BCUT2D eigenvalue weighted by molar-refractivity contribution is -0.139. The van der Waals surface area contributed by atoms with Gasteiger partial charge in [-0.2, -0.15) is 0 Å². The molecule has 0 saturated carbocycles. The number of benzene rings is 1. The van der Waals surface area contributed by atoms with Gasteiger partial charge in [0.25, 0.3) is 0 Å². The molecule has 1 atom stereocenters. The van der Waals surface area contributed by atoms with Gasteiger partial charge in [0.1, 0.15) is 5.75 Å². The van der Waals surface area contributed by atoms with E-state index in [0.717, 1.165) is 5.56 Å². The van der Waals surface area contributed by atoms with E-state index >= 15 is 0 Å². The molecular formula is C15H22N2O4. The van der Waals surface area contributed by atoms with Crippen molar-refractivity contribution in [2.24, 2.45) is 5.73 Å². The Morgan fingerprint density at radius 1 is 1.24 bits per heavy atom. The second-order valence-electron chi connectivity index (χ2n) is 5.25. The molecule has 1 aromatic rings. The molecule has 21 heavy (non-hydrogen) atoms. The van der Waals surface area contributed by atoms with Gasteiger partial charge in [-0.1, -0.05) is 12.1 Å². The van der Waals surface area contributed by atoms with Crippen molar-refractivity contribution in [1.29, 1.82) is 0 Å². The van der Waals surface area contributed by atoms with Crippen LogP contribution >= 0.6 is 0 Å². The van der Waals surface area contributed by atoms with Crippen LogP contribution in [0.4, 0.5) is 0 Å². The average Bonchev–Trinajstić information content (AvgIpc) is 2.40. The number of carboxylic acid groups (broad SMARTS) is 1. The number of carbonyl (C=O) groups is 2. The minimum atomic E-state index is -0.944. The van der Waals surface area contributed by atoms with Crippen LogP contribution in [-0.2, 0) is 16.0 Å². The van der Waals surface area contributed by atoms with Gasteiger partial charge in [-0.3, -0.25) is 9.59 Å². The van der Waals surface area contributed by atoms with Gasteiger partial charge < -0.3 is 20.8 Å². The van der Waals surface area contributed by atoms with E-state index in [2.05, 4.69) is 0 Å². The highest BCUT2D eigenvalue weighted by Gasteiger charge is 2.23. The average molecular weight is 294 g/mol. The van der Waals surface area contributed by atoms with E-state index in [1.54, 1.807) is 12.1 Å². The molecule has 6 nitrogen and oxygen atoms in total. The van der Waals surface area contributed by atoms with Gasteiger partial charge in [0.2, 0.25) is 5.91 Å². The zero-order chi connectivity index (χ0) is 16.0. The summed E-state index contributed by atoms with van der Waals surface area (Å²) in [6.07, 6.45) is 0.241. The maximum Gasteiger partial charge on any atom is 0.305 e. The summed E-state index contributed by atoms with van der Waals surface area (Å²) in [5, 5.41) is 18.0. The Hall–Kier alpha value is -2.08. The van der Waals surface area contributed by atoms with E-state index in [4.69, 9.17) is 10.8 Å². The Kier molecular flexibility index (Phi) is 6.17. The highest BCUT2D eigenvalue weighted by Crippen LogP contribution is 2.12. The predicted octanol–water partition coefficient (Wildman–Crippen LogP) is 0.974. The normalized spacial score (nSPS) is 12.2. The molecule has 0 unspecified atom stereocenters. The second-order valence-corrected chi connectivity index (χ2v) is 5.25. The Morgan fingerprint density at radius 3 is 2.29 bits per heavy atom. The number of aliphatic carboxylic acids is 1. The van der Waals surface area contributed by atoms with E-state index in [0.29, 0.717) is 6.42 Å². The number of phenols is 1. The molecule has 0 aromatic heterocycles.